The largest absolute Gasteiger partial charge is 0.501 e. The molecule has 19 heavy (non-hydrogen) atoms. The molecular weight excluding hydrogens is 278 g/mol. The molecule has 0 spiro atoms. The molecule has 2 aromatic carbocycles. The van der Waals surface area contributed by atoms with Gasteiger partial charge in [-0.25, -0.2) is 8.78 Å². The monoisotopic (exact) mass is 286 g/mol. The number of para-hydroxylation sites is 1. The maximum Gasteiger partial charge on any atom is 0.501 e. The van der Waals surface area contributed by atoms with E-state index in [9.17, 15) is 17.2 Å². The third-order valence-corrected chi connectivity index (χ3v) is 2.81. The van der Waals surface area contributed by atoms with Crippen molar-refractivity contribution in [3.05, 3.63) is 60.2 Å². The summed E-state index contributed by atoms with van der Waals surface area (Å²) in [6.07, 6.45) is 0. The van der Waals surface area contributed by atoms with Crippen LogP contribution < -0.4 is 8.37 Å². The van der Waals surface area contributed by atoms with Gasteiger partial charge in [0.05, 0.1) is 0 Å². The second-order valence-corrected chi connectivity index (χ2v) is 4.61. The van der Waals surface area contributed by atoms with Crippen molar-refractivity contribution in [2.24, 2.45) is 0 Å². The zero-order chi connectivity index (χ0) is 13.9. The minimum atomic E-state index is -4.49. The van der Waals surface area contributed by atoms with Gasteiger partial charge in [0, 0.05) is 6.07 Å². The van der Waals surface area contributed by atoms with E-state index < -0.39 is 27.8 Å². The Kier molecular flexibility index (Phi) is 3.66. The first kappa shape index (κ1) is 13.3. The van der Waals surface area contributed by atoms with Gasteiger partial charge in [0.15, 0.2) is 11.6 Å². The minimum Gasteiger partial charge on any atom is -0.353 e. The predicted octanol–water partition coefficient (Wildman–Crippen LogP) is 2.67. The molecule has 0 radical (unpaired) electrons. The van der Waals surface area contributed by atoms with Gasteiger partial charge in [-0.1, -0.05) is 18.2 Å². The van der Waals surface area contributed by atoms with E-state index in [1.54, 1.807) is 18.2 Å². The third kappa shape index (κ3) is 3.65. The SMILES string of the molecule is O=S(=O)(Oc1ccccc1)Oc1ccc(F)cc1F. The van der Waals surface area contributed by atoms with E-state index in [4.69, 9.17) is 0 Å². The van der Waals surface area contributed by atoms with E-state index in [-0.39, 0.29) is 5.75 Å². The molecule has 0 aliphatic rings. The quantitative estimate of drug-likeness (QED) is 0.867. The molecule has 0 N–H and O–H groups in total. The summed E-state index contributed by atoms with van der Waals surface area (Å²) in [6, 6.07) is 9.80. The molecule has 0 fully saturated rings. The van der Waals surface area contributed by atoms with Crippen LogP contribution in [0.2, 0.25) is 0 Å². The molecule has 2 rings (SSSR count). The van der Waals surface area contributed by atoms with Crippen molar-refractivity contribution >= 4 is 10.4 Å². The first-order valence-corrected chi connectivity index (χ1v) is 6.43. The van der Waals surface area contributed by atoms with Crippen molar-refractivity contribution in [1.82, 2.24) is 0 Å². The van der Waals surface area contributed by atoms with Gasteiger partial charge >= 0.3 is 10.4 Å². The minimum absolute atomic E-state index is 0.0185. The Bertz CT molecular complexity index is 671. The second kappa shape index (κ2) is 5.23. The fraction of sp³-hybridized carbons (Fsp3) is 0. The molecule has 0 aliphatic carbocycles. The summed E-state index contributed by atoms with van der Waals surface area (Å²) in [4.78, 5) is 0. The van der Waals surface area contributed by atoms with E-state index in [1.807, 2.05) is 0 Å². The number of hydrogen-bond acceptors (Lipinski definition) is 4. The Morgan fingerprint density at radius 2 is 1.58 bits per heavy atom. The van der Waals surface area contributed by atoms with E-state index in [0.717, 1.165) is 12.1 Å². The van der Waals surface area contributed by atoms with Gasteiger partial charge in [0.1, 0.15) is 11.6 Å². The summed E-state index contributed by atoms with van der Waals surface area (Å²) in [5, 5.41) is 0. The molecule has 0 bridgehead atoms. The highest BCUT2D eigenvalue weighted by molar-refractivity contribution is 7.82. The Balaban J connectivity index is 2.17. The van der Waals surface area contributed by atoms with E-state index >= 15 is 0 Å². The average Bonchev–Trinajstić information content (AvgIpc) is 2.33. The lowest BCUT2D eigenvalue weighted by atomic mass is 10.3. The Hall–Kier alpha value is -2.15. The Morgan fingerprint density at radius 3 is 2.21 bits per heavy atom. The van der Waals surface area contributed by atoms with E-state index in [2.05, 4.69) is 8.37 Å². The zero-order valence-electron chi connectivity index (χ0n) is 9.42. The van der Waals surface area contributed by atoms with Crippen molar-refractivity contribution in [2.45, 2.75) is 0 Å². The van der Waals surface area contributed by atoms with Gasteiger partial charge in [-0.05, 0) is 24.3 Å². The van der Waals surface area contributed by atoms with Gasteiger partial charge < -0.3 is 8.37 Å². The second-order valence-electron chi connectivity index (χ2n) is 3.46. The molecule has 4 nitrogen and oxygen atoms in total. The number of rotatable bonds is 4. The molecule has 0 heterocycles. The molecule has 2 aromatic rings. The normalized spacial score (nSPS) is 11.1. The van der Waals surface area contributed by atoms with Crippen molar-refractivity contribution < 1.29 is 25.6 Å². The van der Waals surface area contributed by atoms with Crippen LogP contribution in [0.1, 0.15) is 0 Å². The van der Waals surface area contributed by atoms with Gasteiger partial charge in [-0.3, -0.25) is 0 Å². The molecule has 0 aromatic heterocycles. The molecular formula is C12H8F2O4S. The average molecular weight is 286 g/mol. The number of benzene rings is 2. The van der Waals surface area contributed by atoms with Crippen LogP contribution in [0.25, 0.3) is 0 Å². The number of hydrogen-bond donors (Lipinski definition) is 0. The highest BCUT2D eigenvalue weighted by atomic mass is 32.3. The summed E-state index contributed by atoms with van der Waals surface area (Å²) in [5.74, 6) is -2.60. The van der Waals surface area contributed by atoms with E-state index in [1.165, 1.54) is 12.1 Å². The van der Waals surface area contributed by atoms with Gasteiger partial charge in [-0.2, -0.15) is 0 Å². The van der Waals surface area contributed by atoms with Gasteiger partial charge in [0.25, 0.3) is 0 Å². The maximum atomic E-state index is 13.2. The Labute approximate surface area is 108 Å². The van der Waals surface area contributed by atoms with Crippen molar-refractivity contribution in [3.8, 4) is 11.5 Å². The van der Waals surface area contributed by atoms with Crippen molar-refractivity contribution in [1.29, 1.82) is 0 Å². The van der Waals surface area contributed by atoms with Crippen LogP contribution in [0.15, 0.2) is 48.5 Å². The fourth-order valence-electron chi connectivity index (χ4n) is 1.26. The highest BCUT2D eigenvalue weighted by Crippen LogP contribution is 2.21. The third-order valence-electron chi connectivity index (χ3n) is 2.03. The van der Waals surface area contributed by atoms with E-state index in [0.29, 0.717) is 6.07 Å². The summed E-state index contributed by atoms with van der Waals surface area (Å²) in [7, 11) is -4.49. The van der Waals surface area contributed by atoms with Crippen LogP contribution in [-0.2, 0) is 10.4 Å². The predicted molar refractivity (Wildman–Crippen MR) is 63.0 cm³/mol. The highest BCUT2D eigenvalue weighted by Gasteiger charge is 2.18. The molecule has 0 atom stereocenters. The van der Waals surface area contributed by atoms with Crippen LogP contribution in [0.5, 0.6) is 11.5 Å². The Morgan fingerprint density at radius 1 is 0.895 bits per heavy atom. The topological polar surface area (TPSA) is 52.6 Å². The van der Waals surface area contributed by atoms with Gasteiger partial charge in [-0.15, -0.1) is 8.42 Å². The fourth-order valence-corrected chi connectivity index (χ4v) is 2.00. The maximum absolute atomic E-state index is 13.2. The number of halogens is 2. The molecule has 0 saturated carbocycles. The molecule has 7 heteroatoms. The first-order chi connectivity index (χ1) is 8.96. The van der Waals surface area contributed by atoms with Crippen molar-refractivity contribution in [3.63, 3.8) is 0 Å². The van der Waals surface area contributed by atoms with Crippen molar-refractivity contribution in [2.75, 3.05) is 0 Å². The van der Waals surface area contributed by atoms with Gasteiger partial charge in [0.2, 0.25) is 0 Å². The molecule has 100 valence electrons. The summed E-state index contributed by atoms with van der Waals surface area (Å²) in [5.41, 5.74) is 0. The smallest absolute Gasteiger partial charge is 0.353 e. The van der Waals surface area contributed by atoms with Crippen LogP contribution in [0, 0.1) is 11.6 Å². The molecule has 0 saturated heterocycles. The molecule has 0 aliphatic heterocycles. The zero-order valence-corrected chi connectivity index (χ0v) is 10.2. The lowest BCUT2D eigenvalue weighted by molar-refractivity contribution is 0.381. The van der Waals surface area contributed by atoms with Crippen LogP contribution in [0.4, 0.5) is 8.78 Å². The lowest BCUT2D eigenvalue weighted by Crippen LogP contribution is -2.17. The van der Waals surface area contributed by atoms with Crippen LogP contribution in [0.3, 0.4) is 0 Å². The van der Waals surface area contributed by atoms with Crippen LogP contribution in [-0.4, -0.2) is 8.42 Å². The molecule has 0 unspecified atom stereocenters. The first-order valence-electron chi connectivity index (χ1n) is 5.10. The summed E-state index contributed by atoms with van der Waals surface area (Å²) < 4.78 is 57.9. The molecule has 0 amide bonds. The van der Waals surface area contributed by atoms with Crippen LogP contribution >= 0.6 is 0 Å². The standard InChI is InChI=1S/C12H8F2O4S/c13-9-6-7-12(11(14)8-9)18-19(15,16)17-10-4-2-1-3-5-10/h1-8H. The summed E-state index contributed by atoms with van der Waals surface area (Å²) >= 11 is 0. The lowest BCUT2D eigenvalue weighted by Gasteiger charge is -2.08. The summed E-state index contributed by atoms with van der Waals surface area (Å²) in [6.45, 7) is 0.